The second-order valence-electron chi connectivity index (χ2n) is 7.74. The maximum atomic E-state index is 8.59. The van der Waals surface area contributed by atoms with Crippen molar-refractivity contribution in [1.29, 1.82) is 5.26 Å². The number of hydrogen-bond donors (Lipinski definition) is 0. The van der Waals surface area contributed by atoms with E-state index in [0.717, 1.165) is 48.5 Å². The van der Waals surface area contributed by atoms with Crippen molar-refractivity contribution in [3.8, 4) is 23.3 Å². The number of nitriles is 1. The largest absolute Gasteiger partial charge is 0.487 e. The molecule has 4 rings (SSSR count). The van der Waals surface area contributed by atoms with Crippen LogP contribution in [0.5, 0.6) is 5.75 Å². The lowest BCUT2D eigenvalue weighted by Crippen LogP contribution is -1.98. The summed E-state index contributed by atoms with van der Waals surface area (Å²) in [5.41, 5.74) is 3.07. The second kappa shape index (κ2) is 9.95. The third kappa shape index (κ3) is 5.32. The van der Waals surface area contributed by atoms with Gasteiger partial charge in [0.25, 0.3) is 0 Å². The minimum atomic E-state index is 0.371. The fourth-order valence-corrected chi connectivity index (χ4v) is 3.62. The number of hydrogen-bond acceptors (Lipinski definition) is 4. The molecule has 0 spiro atoms. The quantitative estimate of drug-likeness (QED) is 0.278. The summed E-state index contributed by atoms with van der Waals surface area (Å²) >= 11 is 0. The van der Waals surface area contributed by atoms with Crippen LogP contribution >= 0.6 is 0 Å². The molecule has 0 radical (unpaired) electrons. The molecule has 0 fully saturated rings. The molecule has 0 unspecified atom stereocenters. The van der Waals surface area contributed by atoms with Crippen molar-refractivity contribution in [2.75, 3.05) is 0 Å². The first-order valence-corrected chi connectivity index (χ1v) is 10.8. The van der Waals surface area contributed by atoms with Gasteiger partial charge < -0.3 is 9.15 Å². The van der Waals surface area contributed by atoms with Gasteiger partial charge in [0, 0.05) is 12.0 Å². The summed E-state index contributed by atoms with van der Waals surface area (Å²) in [7, 11) is 0. The van der Waals surface area contributed by atoms with E-state index in [1.54, 1.807) is 0 Å². The maximum Gasteiger partial charge on any atom is 0.226 e. The molecular weight excluding hydrogens is 384 g/mol. The Morgan fingerprint density at radius 2 is 1.74 bits per heavy atom. The fraction of sp³-hybridized carbons (Fsp3) is 0.259. The zero-order chi connectivity index (χ0) is 21.5. The monoisotopic (exact) mass is 410 g/mol. The van der Waals surface area contributed by atoms with Crippen LogP contribution in [0, 0.1) is 18.3 Å². The Balaban J connectivity index is 1.36. The lowest BCUT2D eigenvalue weighted by atomic mass is 10.1. The SMILES string of the molecule is Cc1oc(-c2ccc3ccccc3c2)nc1COc1ccc(CCCCCC#N)cc1. The van der Waals surface area contributed by atoms with Crippen LogP contribution in [0.4, 0.5) is 0 Å². The van der Waals surface area contributed by atoms with Crippen LogP contribution in [0.2, 0.25) is 0 Å². The lowest BCUT2D eigenvalue weighted by molar-refractivity contribution is 0.299. The third-order valence-electron chi connectivity index (χ3n) is 5.44. The van der Waals surface area contributed by atoms with Gasteiger partial charge in [-0.25, -0.2) is 4.98 Å². The van der Waals surface area contributed by atoms with Crippen LogP contribution in [0.25, 0.3) is 22.2 Å². The number of nitrogens with zero attached hydrogens (tertiary/aromatic N) is 2. The van der Waals surface area contributed by atoms with Crippen molar-refractivity contribution in [2.45, 2.75) is 45.6 Å². The summed E-state index contributed by atoms with van der Waals surface area (Å²) in [5.74, 6) is 2.22. The van der Waals surface area contributed by atoms with Crippen LogP contribution in [0.3, 0.4) is 0 Å². The first-order valence-electron chi connectivity index (χ1n) is 10.8. The van der Waals surface area contributed by atoms with Crippen molar-refractivity contribution < 1.29 is 9.15 Å². The zero-order valence-electron chi connectivity index (χ0n) is 17.8. The standard InChI is InChI=1S/C27H26N2O2/c1-20-26(19-30-25-15-11-21(12-16-25)8-4-2-3-7-17-28)29-27(31-20)24-14-13-22-9-5-6-10-23(22)18-24/h5-6,9-16,18H,2-4,7-8,19H2,1H3. The minimum absolute atomic E-state index is 0.371. The normalized spacial score (nSPS) is 10.8. The molecule has 0 N–H and O–H groups in total. The highest BCUT2D eigenvalue weighted by molar-refractivity contribution is 5.86. The Hall–Kier alpha value is -3.58. The van der Waals surface area contributed by atoms with Crippen molar-refractivity contribution in [3.05, 3.63) is 83.7 Å². The maximum absolute atomic E-state index is 8.59. The molecular formula is C27H26N2O2. The summed E-state index contributed by atoms with van der Waals surface area (Å²) in [6.45, 7) is 2.29. The molecule has 3 aromatic carbocycles. The molecule has 1 aromatic heterocycles. The van der Waals surface area contributed by atoms with Gasteiger partial charge in [0.2, 0.25) is 5.89 Å². The van der Waals surface area contributed by atoms with Crippen molar-refractivity contribution >= 4 is 10.8 Å². The number of ether oxygens (including phenoxy) is 1. The number of aromatic nitrogens is 1. The number of benzene rings is 3. The molecule has 31 heavy (non-hydrogen) atoms. The van der Waals surface area contributed by atoms with E-state index in [-0.39, 0.29) is 0 Å². The first-order chi connectivity index (χ1) is 15.2. The van der Waals surface area contributed by atoms with Crippen LogP contribution in [-0.4, -0.2) is 4.98 Å². The second-order valence-corrected chi connectivity index (χ2v) is 7.74. The molecule has 0 saturated carbocycles. The average Bonchev–Trinajstić information content (AvgIpc) is 3.18. The van der Waals surface area contributed by atoms with Gasteiger partial charge in [-0.05, 0) is 66.8 Å². The Labute approximate surface area is 183 Å². The van der Waals surface area contributed by atoms with Crippen LogP contribution in [0.1, 0.15) is 42.7 Å². The zero-order valence-corrected chi connectivity index (χ0v) is 17.8. The molecule has 4 aromatic rings. The molecule has 0 aliphatic carbocycles. The van der Waals surface area contributed by atoms with Crippen LogP contribution in [-0.2, 0) is 13.0 Å². The molecule has 1 heterocycles. The molecule has 0 saturated heterocycles. The summed E-state index contributed by atoms with van der Waals surface area (Å²) in [6.07, 6.45) is 4.87. The molecule has 0 atom stereocenters. The molecule has 4 nitrogen and oxygen atoms in total. The summed E-state index contributed by atoms with van der Waals surface area (Å²) < 4.78 is 11.9. The van der Waals surface area contributed by atoms with E-state index in [9.17, 15) is 0 Å². The van der Waals surface area contributed by atoms with Crippen molar-refractivity contribution in [2.24, 2.45) is 0 Å². The topological polar surface area (TPSA) is 59.1 Å². The Morgan fingerprint density at radius 1 is 0.935 bits per heavy atom. The minimum Gasteiger partial charge on any atom is -0.487 e. The Kier molecular flexibility index (Phi) is 6.64. The lowest BCUT2D eigenvalue weighted by Gasteiger charge is -2.06. The van der Waals surface area contributed by atoms with Crippen molar-refractivity contribution in [3.63, 3.8) is 0 Å². The highest BCUT2D eigenvalue weighted by Crippen LogP contribution is 2.26. The first kappa shape index (κ1) is 20.7. The Bertz CT molecular complexity index is 1190. The number of aryl methyl sites for hydroxylation is 2. The molecule has 156 valence electrons. The van der Waals surface area contributed by atoms with Gasteiger partial charge >= 0.3 is 0 Å². The Morgan fingerprint density at radius 3 is 2.55 bits per heavy atom. The smallest absolute Gasteiger partial charge is 0.226 e. The molecule has 0 aliphatic heterocycles. The molecule has 0 bridgehead atoms. The van der Waals surface area contributed by atoms with E-state index in [4.69, 9.17) is 14.4 Å². The van der Waals surface area contributed by atoms with Gasteiger partial charge in [0.15, 0.2) is 0 Å². The number of unbranched alkanes of at least 4 members (excludes halogenated alkanes) is 3. The highest BCUT2D eigenvalue weighted by atomic mass is 16.5. The predicted octanol–water partition coefficient (Wildman–Crippen LogP) is 7.01. The fourth-order valence-electron chi connectivity index (χ4n) is 3.62. The number of rotatable bonds is 9. The number of fused-ring (bicyclic) bond motifs is 1. The summed E-state index contributed by atoms with van der Waals surface area (Å²) in [5, 5.41) is 10.9. The van der Waals surface area contributed by atoms with E-state index in [1.807, 2.05) is 37.3 Å². The van der Waals surface area contributed by atoms with E-state index in [2.05, 4.69) is 47.5 Å². The van der Waals surface area contributed by atoms with E-state index < -0.39 is 0 Å². The number of oxazole rings is 1. The summed E-state index contributed by atoms with van der Waals surface area (Å²) in [6, 6.07) is 24.9. The average molecular weight is 411 g/mol. The molecule has 4 heteroatoms. The van der Waals surface area contributed by atoms with Gasteiger partial charge in [-0.1, -0.05) is 48.9 Å². The van der Waals surface area contributed by atoms with E-state index >= 15 is 0 Å². The van der Waals surface area contributed by atoms with Gasteiger partial charge in [-0.2, -0.15) is 5.26 Å². The van der Waals surface area contributed by atoms with Crippen LogP contribution < -0.4 is 4.74 Å². The third-order valence-corrected chi connectivity index (χ3v) is 5.44. The molecule has 0 amide bonds. The van der Waals surface area contributed by atoms with Gasteiger partial charge in [-0.15, -0.1) is 0 Å². The summed E-state index contributed by atoms with van der Waals surface area (Å²) in [4.78, 5) is 4.67. The van der Waals surface area contributed by atoms with Crippen molar-refractivity contribution in [1.82, 2.24) is 4.98 Å². The predicted molar refractivity (Wildman–Crippen MR) is 123 cm³/mol. The van der Waals surface area contributed by atoms with E-state index in [0.29, 0.717) is 18.9 Å². The molecule has 0 aliphatic rings. The van der Waals surface area contributed by atoms with Crippen LogP contribution in [0.15, 0.2) is 71.1 Å². The van der Waals surface area contributed by atoms with E-state index in [1.165, 1.54) is 16.3 Å². The highest BCUT2D eigenvalue weighted by Gasteiger charge is 2.12. The van der Waals surface area contributed by atoms with Gasteiger partial charge in [0.1, 0.15) is 23.8 Å². The van der Waals surface area contributed by atoms with Gasteiger partial charge in [0.05, 0.1) is 6.07 Å². The van der Waals surface area contributed by atoms with Gasteiger partial charge in [-0.3, -0.25) is 0 Å².